The van der Waals surface area contributed by atoms with E-state index in [4.69, 9.17) is 14.2 Å². The van der Waals surface area contributed by atoms with E-state index in [2.05, 4.69) is 15.1 Å². The van der Waals surface area contributed by atoms with Gasteiger partial charge in [0.25, 0.3) is 5.91 Å². The van der Waals surface area contributed by atoms with Crippen molar-refractivity contribution in [2.24, 2.45) is 5.10 Å². The van der Waals surface area contributed by atoms with Gasteiger partial charge in [-0.15, -0.1) is 0 Å². The van der Waals surface area contributed by atoms with Crippen LogP contribution >= 0.6 is 0 Å². The maximum absolute atomic E-state index is 12.8. The topological polar surface area (TPSA) is 74.1 Å². The number of methoxy groups -OCH3 is 1. The molecule has 0 bridgehead atoms. The Morgan fingerprint density at radius 1 is 1.03 bits per heavy atom. The van der Waals surface area contributed by atoms with Gasteiger partial charge in [0, 0.05) is 28.7 Å². The molecule has 1 N–H and O–H groups in total. The summed E-state index contributed by atoms with van der Waals surface area (Å²) in [5, 5.41) is 6.17. The third-order valence-electron chi connectivity index (χ3n) is 5.77. The van der Waals surface area contributed by atoms with Crippen LogP contribution in [-0.4, -0.2) is 30.6 Å². The summed E-state index contributed by atoms with van der Waals surface area (Å²) < 4.78 is 18.4. The van der Waals surface area contributed by atoms with Gasteiger partial charge in [-0.05, 0) is 55.0 Å². The fraction of sp³-hybridized carbons (Fsp3) is 0.154. The van der Waals surface area contributed by atoms with Crippen molar-refractivity contribution in [3.63, 3.8) is 0 Å². The Morgan fingerprint density at radius 3 is 2.58 bits per heavy atom. The molecular weight excluding hydrogens is 418 g/mol. The van der Waals surface area contributed by atoms with Crippen LogP contribution in [0.3, 0.4) is 0 Å². The number of carbonyl (C=O) groups is 1. The van der Waals surface area contributed by atoms with E-state index in [-0.39, 0.29) is 12.7 Å². The van der Waals surface area contributed by atoms with Gasteiger partial charge in [0.15, 0.2) is 11.5 Å². The molecule has 0 fully saturated rings. The lowest BCUT2D eigenvalue weighted by Crippen LogP contribution is -2.18. The number of aryl methyl sites for hydroxylation is 1. The lowest BCUT2D eigenvalue weighted by atomic mass is 10.1. The van der Waals surface area contributed by atoms with E-state index in [0.29, 0.717) is 11.3 Å². The molecule has 0 aliphatic carbocycles. The van der Waals surface area contributed by atoms with E-state index >= 15 is 0 Å². The Balaban J connectivity index is 1.38. The maximum Gasteiger partial charge on any atom is 0.275 e. The standard InChI is InChI=1S/C26H23N3O4/c1-16-10-20(17(2)29(16)21-8-9-23-25(13-21)33-15-32-23)14-27-28-26(30)22-11-18-6-4-5-7-19(18)12-24(22)31-3/h4-14H,15H2,1-3H3,(H,28,30)/b27-14-. The fourth-order valence-electron chi connectivity index (χ4n) is 4.13. The summed E-state index contributed by atoms with van der Waals surface area (Å²) in [4.78, 5) is 12.8. The molecule has 2 heterocycles. The number of fused-ring (bicyclic) bond motifs is 2. The summed E-state index contributed by atoms with van der Waals surface area (Å²) in [6, 6.07) is 19.4. The molecule has 0 radical (unpaired) electrons. The lowest BCUT2D eigenvalue weighted by Gasteiger charge is -2.10. The second-order valence-electron chi connectivity index (χ2n) is 7.80. The van der Waals surface area contributed by atoms with Crippen LogP contribution in [-0.2, 0) is 0 Å². The van der Waals surface area contributed by atoms with E-state index in [1.54, 1.807) is 13.3 Å². The second-order valence-corrected chi connectivity index (χ2v) is 7.80. The number of hydrazone groups is 1. The summed E-state index contributed by atoms with van der Waals surface area (Å²) in [5.41, 5.74) is 6.95. The summed E-state index contributed by atoms with van der Waals surface area (Å²) in [6.07, 6.45) is 1.65. The van der Waals surface area contributed by atoms with Crippen LogP contribution in [0, 0.1) is 13.8 Å². The van der Waals surface area contributed by atoms with Crippen molar-refractivity contribution in [1.29, 1.82) is 0 Å². The van der Waals surface area contributed by atoms with Crippen LogP contribution < -0.4 is 19.6 Å². The summed E-state index contributed by atoms with van der Waals surface area (Å²) in [7, 11) is 1.55. The molecule has 0 saturated heterocycles. The first-order valence-electron chi connectivity index (χ1n) is 10.5. The molecule has 0 atom stereocenters. The van der Waals surface area contributed by atoms with Gasteiger partial charge in [0.05, 0.1) is 18.9 Å². The summed E-state index contributed by atoms with van der Waals surface area (Å²) in [6.45, 7) is 4.27. The molecule has 1 aliphatic heterocycles. The number of carbonyl (C=O) groups excluding carboxylic acids is 1. The van der Waals surface area contributed by atoms with Crippen LogP contribution in [0.5, 0.6) is 17.2 Å². The Bertz CT molecular complexity index is 1400. The highest BCUT2D eigenvalue weighted by Crippen LogP contribution is 2.34. The van der Waals surface area contributed by atoms with Gasteiger partial charge in [-0.3, -0.25) is 4.79 Å². The minimum absolute atomic E-state index is 0.238. The number of hydrogen-bond acceptors (Lipinski definition) is 5. The monoisotopic (exact) mass is 441 g/mol. The molecule has 7 nitrogen and oxygen atoms in total. The number of hydrogen-bond donors (Lipinski definition) is 1. The van der Waals surface area contributed by atoms with Crippen molar-refractivity contribution in [1.82, 2.24) is 9.99 Å². The molecule has 7 heteroatoms. The van der Waals surface area contributed by atoms with Crippen molar-refractivity contribution < 1.29 is 19.0 Å². The number of aromatic nitrogens is 1. The van der Waals surface area contributed by atoms with Crippen molar-refractivity contribution in [2.75, 3.05) is 13.9 Å². The third-order valence-corrected chi connectivity index (χ3v) is 5.77. The molecule has 1 aromatic heterocycles. The molecule has 0 unspecified atom stereocenters. The SMILES string of the molecule is COc1cc2ccccc2cc1C(=O)N/N=C\c1cc(C)n(-c2ccc3c(c2)OCO3)c1C. The molecule has 5 rings (SSSR count). The maximum atomic E-state index is 12.8. The number of amides is 1. The van der Waals surface area contributed by atoms with E-state index < -0.39 is 0 Å². The van der Waals surface area contributed by atoms with Gasteiger partial charge in [-0.1, -0.05) is 24.3 Å². The predicted molar refractivity (Wildman–Crippen MR) is 127 cm³/mol. The number of ether oxygens (including phenoxy) is 3. The highest BCUT2D eigenvalue weighted by Gasteiger charge is 2.17. The highest BCUT2D eigenvalue weighted by atomic mass is 16.7. The van der Waals surface area contributed by atoms with Crippen LogP contribution in [0.1, 0.15) is 27.3 Å². The second kappa shape index (κ2) is 8.35. The molecule has 0 saturated carbocycles. The van der Waals surface area contributed by atoms with Gasteiger partial charge in [0.2, 0.25) is 6.79 Å². The first-order chi connectivity index (χ1) is 16.0. The van der Waals surface area contributed by atoms with Crippen LogP contribution in [0.2, 0.25) is 0 Å². The molecule has 33 heavy (non-hydrogen) atoms. The van der Waals surface area contributed by atoms with Gasteiger partial charge in [0.1, 0.15) is 5.75 Å². The smallest absolute Gasteiger partial charge is 0.275 e. The molecule has 1 aliphatic rings. The van der Waals surface area contributed by atoms with Crippen molar-refractivity contribution in [2.45, 2.75) is 13.8 Å². The van der Waals surface area contributed by atoms with Gasteiger partial charge in [-0.25, -0.2) is 5.43 Å². The minimum Gasteiger partial charge on any atom is -0.496 e. The van der Waals surface area contributed by atoms with Crippen LogP contribution in [0.15, 0.2) is 65.8 Å². The normalized spacial score (nSPS) is 12.5. The number of benzene rings is 3. The zero-order valence-corrected chi connectivity index (χ0v) is 18.6. The Hall–Kier alpha value is -4.26. The largest absolute Gasteiger partial charge is 0.496 e. The van der Waals surface area contributed by atoms with Crippen LogP contribution in [0.4, 0.5) is 0 Å². The molecule has 166 valence electrons. The zero-order chi connectivity index (χ0) is 22.9. The third kappa shape index (κ3) is 3.78. The predicted octanol–water partition coefficient (Wildman–Crippen LogP) is 4.75. The Kier molecular flexibility index (Phi) is 5.22. The number of nitrogens with one attached hydrogen (secondary N) is 1. The number of nitrogens with zero attached hydrogens (tertiary/aromatic N) is 2. The van der Waals surface area contributed by atoms with Gasteiger partial charge in [-0.2, -0.15) is 5.10 Å². The quantitative estimate of drug-likeness (QED) is 0.358. The zero-order valence-electron chi connectivity index (χ0n) is 18.6. The average molecular weight is 441 g/mol. The van der Waals surface area contributed by atoms with E-state index in [0.717, 1.165) is 44.9 Å². The fourth-order valence-corrected chi connectivity index (χ4v) is 4.13. The van der Waals surface area contributed by atoms with E-state index in [1.807, 2.05) is 74.5 Å². The summed E-state index contributed by atoms with van der Waals surface area (Å²) in [5.74, 6) is 1.64. The average Bonchev–Trinajstić information content (AvgIpc) is 3.41. The van der Waals surface area contributed by atoms with Gasteiger partial charge < -0.3 is 18.8 Å². The van der Waals surface area contributed by atoms with Crippen molar-refractivity contribution in [3.05, 3.63) is 83.2 Å². The first kappa shape index (κ1) is 20.6. The molecule has 4 aromatic rings. The lowest BCUT2D eigenvalue weighted by molar-refractivity contribution is 0.0952. The Labute approximate surface area is 191 Å². The van der Waals surface area contributed by atoms with Crippen molar-refractivity contribution >= 4 is 22.9 Å². The highest BCUT2D eigenvalue weighted by molar-refractivity contribution is 6.02. The van der Waals surface area contributed by atoms with E-state index in [1.165, 1.54) is 0 Å². The van der Waals surface area contributed by atoms with Crippen LogP contribution in [0.25, 0.3) is 16.5 Å². The van der Waals surface area contributed by atoms with Gasteiger partial charge >= 0.3 is 0 Å². The first-order valence-corrected chi connectivity index (χ1v) is 10.5. The molecule has 1 amide bonds. The molecular formula is C26H23N3O4. The Morgan fingerprint density at radius 2 is 1.79 bits per heavy atom. The number of rotatable bonds is 5. The molecule has 3 aromatic carbocycles. The minimum atomic E-state index is -0.335. The summed E-state index contributed by atoms with van der Waals surface area (Å²) >= 11 is 0. The molecule has 0 spiro atoms. The van der Waals surface area contributed by atoms with E-state index in [9.17, 15) is 4.79 Å². The van der Waals surface area contributed by atoms with Crippen molar-refractivity contribution in [3.8, 4) is 22.9 Å².